The van der Waals surface area contributed by atoms with Gasteiger partial charge in [0, 0.05) is 6.54 Å². The fourth-order valence-corrected chi connectivity index (χ4v) is 2.31. The highest BCUT2D eigenvalue weighted by Gasteiger charge is 2.21. The Hall–Kier alpha value is -3.10. The van der Waals surface area contributed by atoms with Crippen LogP contribution in [0.3, 0.4) is 0 Å². The molecule has 2 aromatic rings. The number of alkyl carbamates (subject to hydrolysis) is 1. The minimum Gasteiger partial charge on any atom is -0.507 e. The van der Waals surface area contributed by atoms with Crippen LogP contribution in [0, 0.1) is 0 Å². The highest BCUT2D eigenvalue weighted by Crippen LogP contribution is 2.25. The number of amides is 1. The van der Waals surface area contributed by atoms with Gasteiger partial charge in [0.05, 0.1) is 7.11 Å². The molecule has 0 aromatic heterocycles. The number of methoxy groups -OCH3 is 1. The largest absolute Gasteiger partial charge is 0.507 e. The van der Waals surface area contributed by atoms with Gasteiger partial charge in [0.15, 0.2) is 0 Å². The average Bonchev–Trinajstić information content (AvgIpc) is 2.69. The molecule has 0 bridgehead atoms. The molecule has 0 fully saturated rings. The van der Waals surface area contributed by atoms with E-state index in [1.165, 1.54) is 19.2 Å². The number of benzene rings is 2. The van der Waals surface area contributed by atoms with Gasteiger partial charge in [-0.2, -0.15) is 0 Å². The number of hydrogen-bond donors (Lipinski definition) is 4. The zero-order valence-electron chi connectivity index (χ0n) is 14.7. The van der Waals surface area contributed by atoms with Crippen LogP contribution in [0.5, 0.6) is 5.75 Å². The third-order valence-electron chi connectivity index (χ3n) is 3.80. The van der Waals surface area contributed by atoms with E-state index in [0.717, 1.165) is 11.6 Å². The van der Waals surface area contributed by atoms with Crippen LogP contribution in [0.2, 0.25) is 0 Å². The number of hydrogen-bond acceptors (Lipinski definition) is 7. The second-order valence-corrected chi connectivity index (χ2v) is 5.72. The molecule has 0 saturated heterocycles. The Morgan fingerprint density at radius 1 is 1.11 bits per heavy atom. The fraction of sp³-hybridized carbons (Fsp3) is 0.263. The van der Waals surface area contributed by atoms with Crippen molar-refractivity contribution < 1.29 is 34.4 Å². The summed E-state index contributed by atoms with van der Waals surface area (Å²) in [5, 5.41) is 32.4. The summed E-state index contributed by atoms with van der Waals surface area (Å²) in [4.78, 5) is 23.1. The Kier molecular flexibility index (Phi) is 7.16. The molecule has 8 heteroatoms. The second kappa shape index (κ2) is 9.56. The molecule has 2 unspecified atom stereocenters. The lowest BCUT2D eigenvalue weighted by atomic mass is 10.0. The van der Waals surface area contributed by atoms with E-state index in [1.807, 2.05) is 18.2 Å². The molecule has 0 aliphatic rings. The summed E-state index contributed by atoms with van der Waals surface area (Å²) in [5.41, 5.74) is 0.923. The molecule has 4 N–H and O–H groups in total. The van der Waals surface area contributed by atoms with Crippen LogP contribution in [0.1, 0.15) is 27.6 Å². The predicted molar refractivity (Wildman–Crippen MR) is 95.0 cm³/mol. The number of carbonyl (C=O) groups is 2. The summed E-state index contributed by atoms with van der Waals surface area (Å²) in [5.74, 6) is -1.11. The van der Waals surface area contributed by atoms with E-state index in [4.69, 9.17) is 4.74 Å². The van der Waals surface area contributed by atoms with Crippen molar-refractivity contribution in [1.29, 1.82) is 0 Å². The maximum absolute atomic E-state index is 11.7. The number of nitrogens with one attached hydrogen (secondary N) is 1. The molecule has 0 spiro atoms. The highest BCUT2D eigenvalue weighted by atomic mass is 16.5. The number of aliphatic hydroxyl groups excluding tert-OH is 2. The standard InChI is InChI=1S/C19H21NO7/c1-26-18(24)14-8-7-13(9-15(14)21)17(23)16(22)10-20-19(25)27-11-12-5-3-2-4-6-12/h2-9,16-17,21-23H,10-11H2,1H3,(H,20,25). The number of esters is 1. The van der Waals surface area contributed by atoms with E-state index < -0.39 is 24.3 Å². The summed E-state index contributed by atoms with van der Waals surface area (Å²) >= 11 is 0. The quantitative estimate of drug-likeness (QED) is 0.540. The Balaban J connectivity index is 1.86. The maximum atomic E-state index is 11.7. The Morgan fingerprint density at radius 2 is 1.81 bits per heavy atom. The SMILES string of the molecule is COC(=O)c1ccc(C(O)C(O)CNC(=O)OCc2ccccc2)cc1O. The van der Waals surface area contributed by atoms with Crippen LogP contribution < -0.4 is 5.32 Å². The number of ether oxygens (including phenoxy) is 2. The number of phenols is 1. The van der Waals surface area contributed by atoms with E-state index >= 15 is 0 Å². The first-order valence-electron chi connectivity index (χ1n) is 8.14. The molecule has 2 rings (SSSR count). The first-order chi connectivity index (χ1) is 12.9. The van der Waals surface area contributed by atoms with Crippen LogP contribution in [0.4, 0.5) is 4.79 Å². The van der Waals surface area contributed by atoms with Crippen molar-refractivity contribution in [3.05, 3.63) is 65.2 Å². The zero-order valence-corrected chi connectivity index (χ0v) is 14.7. The molecule has 1 amide bonds. The number of carbonyl (C=O) groups excluding carboxylic acids is 2. The molecular formula is C19H21NO7. The van der Waals surface area contributed by atoms with Crippen molar-refractivity contribution in [2.24, 2.45) is 0 Å². The molecule has 144 valence electrons. The summed E-state index contributed by atoms with van der Waals surface area (Å²) in [6, 6.07) is 12.9. The molecular weight excluding hydrogens is 354 g/mol. The van der Waals surface area contributed by atoms with E-state index in [2.05, 4.69) is 10.1 Å². The van der Waals surface area contributed by atoms with Gasteiger partial charge in [-0.3, -0.25) is 0 Å². The van der Waals surface area contributed by atoms with Gasteiger partial charge < -0.3 is 30.1 Å². The van der Waals surface area contributed by atoms with Crippen LogP contribution >= 0.6 is 0 Å². The highest BCUT2D eigenvalue weighted by molar-refractivity contribution is 5.92. The van der Waals surface area contributed by atoms with Gasteiger partial charge in [-0.15, -0.1) is 0 Å². The smallest absolute Gasteiger partial charge is 0.407 e. The van der Waals surface area contributed by atoms with Gasteiger partial charge in [0.2, 0.25) is 0 Å². The van der Waals surface area contributed by atoms with E-state index in [0.29, 0.717) is 0 Å². The van der Waals surface area contributed by atoms with Crippen molar-refractivity contribution in [3.8, 4) is 5.75 Å². The normalized spacial score (nSPS) is 12.7. The lowest BCUT2D eigenvalue weighted by molar-refractivity contribution is 0.0182. The Morgan fingerprint density at radius 3 is 2.44 bits per heavy atom. The number of rotatable bonds is 7. The van der Waals surface area contributed by atoms with Crippen molar-refractivity contribution in [1.82, 2.24) is 5.32 Å². The van der Waals surface area contributed by atoms with E-state index in [9.17, 15) is 24.9 Å². The first kappa shape index (κ1) is 20.2. The summed E-state index contributed by atoms with van der Waals surface area (Å²) in [7, 11) is 1.18. The van der Waals surface area contributed by atoms with Crippen LogP contribution in [-0.4, -0.2) is 47.1 Å². The van der Waals surface area contributed by atoms with Gasteiger partial charge >= 0.3 is 12.1 Å². The third kappa shape index (κ3) is 5.70. The molecule has 0 radical (unpaired) electrons. The number of aromatic hydroxyl groups is 1. The second-order valence-electron chi connectivity index (χ2n) is 5.72. The molecule has 0 aliphatic heterocycles. The Labute approximate surface area is 156 Å². The summed E-state index contributed by atoms with van der Waals surface area (Å²) in [6.07, 6.45) is -3.48. The van der Waals surface area contributed by atoms with Crippen molar-refractivity contribution in [2.75, 3.05) is 13.7 Å². The molecule has 0 saturated carbocycles. The minimum absolute atomic E-state index is 0.0643. The molecule has 27 heavy (non-hydrogen) atoms. The van der Waals surface area contributed by atoms with E-state index in [1.54, 1.807) is 12.1 Å². The molecule has 0 aliphatic carbocycles. The first-order valence-corrected chi connectivity index (χ1v) is 8.14. The number of phenolic OH excluding ortho intramolecular Hbond substituents is 1. The molecule has 0 heterocycles. The molecule has 2 atom stereocenters. The van der Waals surface area contributed by atoms with Gasteiger partial charge in [-0.25, -0.2) is 9.59 Å². The van der Waals surface area contributed by atoms with Crippen LogP contribution in [-0.2, 0) is 16.1 Å². The molecule has 2 aromatic carbocycles. The maximum Gasteiger partial charge on any atom is 0.407 e. The number of aliphatic hydroxyl groups is 2. The average molecular weight is 375 g/mol. The third-order valence-corrected chi connectivity index (χ3v) is 3.80. The van der Waals surface area contributed by atoms with Crippen molar-refractivity contribution >= 4 is 12.1 Å². The lowest BCUT2D eigenvalue weighted by Crippen LogP contribution is -2.35. The van der Waals surface area contributed by atoms with Gasteiger partial charge in [0.25, 0.3) is 0 Å². The predicted octanol–water partition coefficient (Wildman–Crippen LogP) is 1.50. The van der Waals surface area contributed by atoms with Gasteiger partial charge in [-0.05, 0) is 23.3 Å². The fourth-order valence-electron chi connectivity index (χ4n) is 2.31. The lowest BCUT2D eigenvalue weighted by Gasteiger charge is -2.19. The van der Waals surface area contributed by atoms with Gasteiger partial charge in [0.1, 0.15) is 30.1 Å². The monoisotopic (exact) mass is 375 g/mol. The van der Waals surface area contributed by atoms with Crippen LogP contribution in [0.25, 0.3) is 0 Å². The van der Waals surface area contributed by atoms with Gasteiger partial charge in [-0.1, -0.05) is 36.4 Å². The minimum atomic E-state index is -1.39. The van der Waals surface area contributed by atoms with Crippen molar-refractivity contribution in [2.45, 2.75) is 18.8 Å². The van der Waals surface area contributed by atoms with Crippen molar-refractivity contribution in [3.63, 3.8) is 0 Å². The Bertz CT molecular complexity index is 779. The zero-order chi connectivity index (χ0) is 19.8. The topological polar surface area (TPSA) is 125 Å². The van der Waals surface area contributed by atoms with E-state index in [-0.39, 0.29) is 30.0 Å². The van der Waals surface area contributed by atoms with Crippen LogP contribution in [0.15, 0.2) is 48.5 Å². The molecule has 8 nitrogen and oxygen atoms in total. The summed E-state index contributed by atoms with van der Waals surface area (Å²) < 4.78 is 9.52. The summed E-state index contributed by atoms with van der Waals surface area (Å²) in [6.45, 7) is -0.192.